The highest BCUT2D eigenvalue weighted by Gasteiger charge is 2.42. The number of nitro groups is 1. The summed E-state index contributed by atoms with van der Waals surface area (Å²) in [5, 5.41) is 12.1. The quantitative estimate of drug-likeness (QED) is 0.332. The van der Waals surface area contributed by atoms with E-state index in [4.69, 9.17) is 16.0 Å². The molecule has 1 aliphatic heterocycles. The minimum atomic E-state index is -0.778. The van der Waals surface area contributed by atoms with Gasteiger partial charge in [0.2, 0.25) is 5.76 Å². The normalized spacial score (nSPS) is 15.4. The Morgan fingerprint density at radius 1 is 1.18 bits per heavy atom. The lowest BCUT2D eigenvalue weighted by Crippen LogP contribution is -2.33. The van der Waals surface area contributed by atoms with Crippen molar-refractivity contribution in [1.82, 2.24) is 9.80 Å². The summed E-state index contributed by atoms with van der Waals surface area (Å²) in [6, 6.07) is 8.48. The Labute approximate surface area is 201 Å². The monoisotopic (exact) mass is 483 g/mol. The lowest BCUT2D eigenvalue weighted by Gasteiger charge is -2.26. The first-order chi connectivity index (χ1) is 16.3. The molecular weight excluding hydrogens is 458 g/mol. The molecule has 0 saturated carbocycles. The molecule has 1 amide bonds. The van der Waals surface area contributed by atoms with E-state index in [1.54, 1.807) is 36.1 Å². The first kappa shape index (κ1) is 23.9. The number of amides is 1. The molecule has 1 unspecified atom stereocenters. The van der Waals surface area contributed by atoms with E-state index < -0.39 is 16.9 Å². The minimum Gasteiger partial charge on any atom is -0.450 e. The van der Waals surface area contributed by atoms with Crippen LogP contribution in [-0.4, -0.2) is 46.8 Å². The van der Waals surface area contributed by atoms with E-state index in [0.717, 1.165) is 25.2 Å². The van der Waals surface area contributed by atoms with E-state index in [9.17, 15) is 19.7 Å². The van der Waals surface area contributed by atoms with Crippen LogP contribution in [0.2, 0.25) is 5.02 Å². The molecule has 0 spiro atoms. The second kappa shape index (κ2) is 9.56. The number of halogens is 1. The zero-order valence-corrected chi connectivity index (χ0v) is 20.1. The van der Waals surface area contributed by atoms with Gasteiger partial charge in [0.1, 0.15) is 5.58 Å². The SMILES string of the molecule is CCN(CC)CCCN1C(=O)c2oc3cc(C)c(Cl)cc3c(=O)c2C1c1cccc([N+](=O)[O-])c1. The lowest BCUT2D eigenvalue weighted by molar-refractivity contribution is -0.384. The second-order valence-electron chi connectivity index (χ2n) is 8.41. The summed E-state index contributed by atoms with van der Waals surface area (Å²) >= 11 is 6.27. The molecule has 0 bridgehead atoms. The molecule has 34 heavy (non-hydrogen) atoms. The number of carbonyl (C=O) groups excluding carboxylic acids is 1. The summed E-state index contributed by atoms with van der Waals surface area (Å²) in [5.74, 6) is -0.406. The highest BCUT2D eigenvalue weighted by atomic mass is 35.5. The van der Waals surface area contributed by atoms with Gasteiger partial charge >= 0.3 is 0 Å². The summed E-state index contributed by atoms with van der Waals surface area (Å²) < 4.78 is 5.97. The van der Waals surface area contributed by atoms with Gasteiger partial charge in [-0.25, -0.2) is 0 Å². The van der Waals surface area contributed by atoms with Crippen LogP contribution >= 0.6 is 11.6 Å². The summed E-state index contributed by atoms with van der Waals surface area (Å²) in [4.78, 5) is 41.9. The fourth-order valence-electron chi connectivity index (χ4n) is 4.53. The molecule has 2 heterocycles. The van der Waals surface area contributed by atoms with Crippen LogP contribution in [0.4, 0.5) is 5.69 Å². The molecule has 8 nitrogen and oxygen atoms in total. The van der Waals surface area contributed by atoms with Gasteiger partial charge in [0.15, 0.2) is 5.43 Å². The first-order valence-corrected chi connectivity index (χ1v) is 11.7. The topological polar surface area (TPSA) is 96.9 Å². The molecule has 178 valence electrons. The van der Waals surface area contributed by atoms with E-state index in [1.807, 2.05) is 0 Å². The first-order valence-electron chi connectivity index (χ1n) is 11.3. The van der Waals surface area contributed by atoms with Crippen LogP contribution in [0, 0.1) is 17.0 Å². The summed E-state index contributed by atoms with van der Waals surface area (Å²) in [6.07, 6.45) is 0.686. The number of hydrogen-bond donors (Lipinski definition) is 0. The average Bonchev–Trinajstić information content (AvgIpc) is 3.10. The van der Waals surface area contributed by atoms with Crippen LogP contribution in [0.25, 0.3) is 11.0 Å². The van der Waals surface area contributed by atoms with Crippen molar-refractivity contribution < 1.29 is 14.1 Å². The van der Waals surface area contributed by atoms with Gasteiger partial charge in [-0.15, -0.1) is 0 Å². The van der Waals surface area contributed by atoms with Gasteiger partial charge in [-0.05, 0) is 56.2 Å². The summed E-state index contributed by atoms with van der Waals surface area (Å²) in [6.45, 7) is 8.90. The highest BCUT2D eigenvalue weighted by molar-refractivity contribution is 6.32. The van der Waals surface area contributed by atoms with Crippen LogP contribution in [0.15, 0.2) is 45.6 Å². The number of nitro benzene ring substituents is 1. The number of benzene rings is 2. The van der Waals surface area contributed by atoms with E-state index in [0.29, 0.717) is 29.1 Å². The predicted octanol–water partition coefficient (Wildman–Crippen LogP) is 4.94. The molecule has 0 saturated heterocycles. The molecule has 1 aromatic heterocycles. The maximum Gasteiger partial charge on any atom is 0.290 e. The maximum absolute atomic E-state index is 13.6. The van der Waals surface area contributed by atoms with Crippen molar-refractivity contribution in [3.8, 4) is 0 Å². The van der Waals surface area contributed by atoms with Gasteiger partial charge in [0, 0.05) is 23.7 Å². The van der Waals surface area contributed by atoms with Crippen LogP contribution in [0.1, 0.15) is 53.6 Å². The molecule has 3 aromatic rings. The number of carbonyl (C=O) groups is 1. The molecule has 1 aliphatic rings. The predicted molar refractivity (Wildman–Crippen MR) is 131 cm³/mol. The zero-order chi connectivity index (χ0) is 24.6. The second-order valence-corrected chi connectivity index (χ2v) is 8.81. The molecule has 9 heteroatoms. The minimum absolute atomic E-state index is 0.0152. The van der Waals surface area contributed by atoms with Crippen molar-refractivity contribution in [2.75, 3.05) is 26.2 Å². The number of hydrogen-bond acceptors (Lipinski definition) is 6. The Hall–Kier alpha value is -3.23. The third-order valence-electron chi connectivity index (χ3n) is 6.41. The highest BCUT2D eigenvalue weighted by Crippen LogP contribution is 2.39. The van der Waals surface area contributed by atoms with Crippen LogP contribution in [-0.2, 0) is 0 Å². The smallest absolute Gasteiger partial charge is 0.290 e. The standard InChI is InChI=1S/C25H26ClN3O5/c1-4-27(5-2)10-7-11-28-22(16-8-6-9-17(13-16)29(32)33)21-23(30)18-14-19(26)15(3)12-20(18)34-24(21)25(28)31/h6,8-9,12-14,22H,4-5,7,10-11H2,1-3H3. The van der Waals surface area contributed by atoms with Gasteiger partial charge in [-0.2, -0.15) is 0 Å². The van der Waals surface area contributed by atoms with Crippen LogP contribution in [0.3, 0.4) is 0 Å². The Kier molecular flexibility index (Phi) is 6.72. The molecule has 0 fully saturated rings. The van der Waals surface area contributed by atoms with Crippen LogP contribution < -0.4 is 5.43 Å². The van der Waals surface area contributed by atoms with Gasteiger partial charge in [0.25, 0.3) is 11.6 Å². The third kappa shape index (κ3) is 4.19. The fourth-order valence-corrected chi connectivity index (χ4v) is 4.69. The molecule has 2 aromatic carbocycles. The average molecular weight is 484 g/mol. The fraction of sp³-hybridized carbons (Fsp3) is 0.360. The summed E-state index contributed by atoms with van der Waals surface area (Å²) in [5.41, 5.74) is 1.25. The van der Waals surface area contributed by atoms with E-state index in [-0.39, 0.29) is 27.8 Å². The van der Waals surface area contributed by atoms with E-state index >= 15 is 0 Å². The van der Waals surface area contributed by atoms with Crippen molar-refractivity contribution in [1.29, 1.82) is 0 Å². The van der Waals surface area contributed by atoms with Crippen molar-refractivity contribution in [3.05, 3.63) is 84.2 Å². The molecule has 0 radical (unpaired) electrons. The maximum atomic E-state index is 13.6. The van der Waals surface area contributed by atoms with Gasteiger partial charge in [-0.3, -0.25) is 19.7 Å². The third-order valence-corrected chi connectivity index (χ3v) is 6.82. The van der Waals surface area contributed by atoms with Crippen molar-refractivity contribution in [3.63, 3.8) is 0 Å². The van der Waals surface area contributed by atoms with E-state index in [1.165, 1.54) is 12.1 Å². The Bertz CT molecular complexity index is 1330. The van der Waals surface area contributed by atoms with Gasteiger partial charge in [-0.1, -0.05) is 37.6 Å². The molecule has 1 atom stereocenters. The lowest BCUT2D eigenvalue weighted by atomic mass is 9.97. The largest absolute Gasteiger partial charge is 0.450 e. The van der Waals surface area contributed by atoms with Crippen molar-refractivity contribution in [2.24, 2.45) is 0 Å². The number of nitrogens with zero attached hydrogens (tertiary/aromatic N) is 3. The number of rotatable bonds is 8. The Morgan fingerprint density at radius 3 is 2.59 bits per heavy atom. The molecule has 0 N–H and O–H groups in total. The number of non-ortho nitro benzene ring substituents is 1. The van der Waals surface area contributed by atoms with E-state index in [2.05, 4.69) is 18.7 Å². The molecule has 0 aliphatic carbocycles. The molecular formula is C25H26ClN3O5. The van der Waals surface area contributed by atoms with Crippen molar-refractivity contribution >= 4 is 34.2 Å². The van der Waals surface area contributed by atoms with Gasteiger partial charge < -0.3 is 14.2 Å². The zero-order valence-electron chi connectivity index (χ0n) is 19.3. The van der Waals surface area contributed by atoms with Gasteiger partial charge in [0.05, 0.1) is 21.9 Å². The number of fused-ring (bicyclic) bond motifs is 2. The molecule has 4 rings (SSSR count). The number of aryl methyl sites for hydroxylation is 1. The van der Waals surface area contributed by atoms with Crippen LogP contribution in [0.5, 0.6) is 0 Å². The summed E-state index contributed by atoms with van der Waals surface area (Å²) in [7, 11) is 0. The Morgan fingerprint density at radius 2 is 1.91 bits per heavy atom. The Balaban J connectivity index is 1.86. The van der Waals surface area contributed by atoms with Crippen molar-refractivity contribution in [2.45, 2.75) is 33.2 Å².